The molecular formula is C14H22N5O4P. The smallest absolute Gasteiger partial charge is 0.330 e. The van der Waals surface area contributed by atoms with Gasteiger partial charge in [0.05, 0.1) is 24.7 Å². The number of imidazole rings is 1. The number of anilines is 1. The molecule has 2 aromatic rings. The number of nitrogens with zero attached hydrogens (tertiary/aromatic N) is 4. The Hall–Kier alpha value is -1.54. The minimum atomic E-state index is -3.61. The van der Waals surface area contributed by atoms with Crippen molar-refractivity contribution in [2.24, 2.45) is 5.92 Å². The van der Waals surface area contributed by atoms with Crippen LogP contribution in [0, 0.1) is 5.92 Å². The van der Waals surface area contributed by atoms with E-state index in [9.17, 15) is 9.46 Å². The van der Waals surface area contributed by atoms with Gasteiger partial charge in [0, 0.05) is 0 Å². The molecule has 1 aliphatic heterocycles. The van der Waals surface area contributed by atoms with Gasteiger partial charge >= 0.3 is 7.60 Å². The fourth-order valence-corrected chi connectivity index (χ4v) is 3.31. The number of hydrogen-bond donors (Lipinski definition) is 2. The third-order valence-electron chi connectivity index (χ3n) is 4.31. The van der Waals surface area contributed by atoms with Gasteiger partial charge in [-0.2, -0.15) is 0 Å². The van der Waals surface area contributed by atoms with E-state index >= 15 is 0 Å². The average Bonchev–Trinajstić information content (AvgIpc) is 3.09. The van der Waals surface area contributed by atoms with Crippen molar-refractivity contribution in [2.45, 2.75) is 45.2 Å². The van der Waals surface area contributed by atoms with Gasteiger partial charge in [0.15, 0.2) is 11.5 Å². The highest BCUT2D eigenvalue weighted by Crippen LogP contribution is 2.48. The maximum absolute atomic E-state index is 11.9. The molecule has 3 rings (SSSR count). The molecule has 0 radical (unpaired) electrons. The molecule has 10 heteroatoms. The van der Waals surface area contributed by atoms with E-state index < -0.39 is 13.3 Å². The highest BCUT2D eigenvalue weighted by Gasteiger charge is 2.36. The predicted octanol–water partition coefficient (Wildman–Crippen LogP) is 1.94. The van der Waals surface area contributed by atoms with Crippen LogP contribution < -0.4 is 5.73 Å². The van der Waals surface area contributed by atoms with Crippen LogP contribution in [-0.2, 0) is 13.8 Å². The Morgan fingerprint density at radius 1 is 1.50 bits per heavy atom. The molecule has 132 valence electrons. The highest BCUT2D eigenvalue weighted by atomic mass is 31.2. The third-order valence-corrected chi connectivity index (χ3v) is 6.14. The minimum absolute atomic E-state index is 0.0768. The number of aromatic nitrogens is 4. The standard InChI is InChI=1S/C14H22N5O4P/c1-8(2)24(20,21)22-5-10-9(3)4-11(23-10)19-7-18-12-13(15)16-6-17-14(12)19/h6-11H,4-5H2,1-3H3,(H,20,21)(H2,15,16,17)/t9-,10?,11+/m0/s1. The molecule has 0 amide bonds. The van der Waals surface area contributed by atoms with Crippen molar-refractivity contribution >= 4 is 24.6 Å². The van der Waals surface area contributed by atoms with Crippen LogP contribution in [0.5, 0.6) is 0 Å². The molecule has 2 unspecified atom stereocenters. The number of hydrogen-bond acceptors (Lipinski definition) is 7. The van der Waals surface area contributed by atoms with E-state index in [0.717, 1.165) is 6.42 Å². The first-order chi connectivity index (χ1) is 11.3. The Balaban J connectivity index is 1.73. The summed E-state index contributed by atoms with van der Waals surface area (Å²) in [6.07, 6.45) is 3.19. The van der Waals surface area contributed by atoms with Gasteiger partial charge in [0.1, 0.15) is 18.1 Å². The van der Waals surface area contributed by atoms with Crippen molar-refractivity contribution in [3.05, 3.63) is 12.7 Å². The van der Waals surface area contributed by atoms with E-state index in [2.05, 4.69) is 15.0 Å². The fraction of sp³-hybridized carbons (Fsp3) is 0.643. The lowest BCUT2D eigenvalue weighted by Gasteiger charge is -2.20. The molecule has 1 aliphatic rings. The van der Waals surface area contributed by atoms with Crippen LogP contribution in [0.3, 0.4) is 0 Å². The van der Waals surface area contributed by atoms with Crippen molar-refractivity contribution in [3.63, 3.8) is 0 Å². The van der Waals surface area contributed by atoms with E-state index in [1.54, 1.807) is 20.2 Å². The zero-order valence-electron chi connectivity index (χ0n) is 13.9. The molecule has 0 aliphatic carbocycles. The number of rotatable bonds is 5. The molecule has 3 N–H and O–H groups in total. The van der Waals surface area contributed by atoms with E-state index in [1.165, 1.54) is 6.33 Å². The topological polar surface area (TPSA) is 125 Å². The number of nitrogen functional groups attached to an aromatic ring is 1. The van der Waals surface area contributed by atoms with Crippen molar-refractivity contribution in [1.29, 1.82) is 0 Å². The SMILES string of the molecule is CC(C)P(=O)(O)OCC1O[C@@H](n2cnc3c(N)ncnc32)C[C@@H]1C. The van der Waals surface area contributed by atoms with E-state index in [4.69, 9.17) is 15.0 Å². The second-order valence-corrected chi connectivity index (χ2v) is 8.80. The van der Waals surface area contributed by atoms with E-state index in [1.807, 2.05) is 11.5 Å². The molecular weight excluding hydrogens is 333 g/mol. The number of nitrogens with two attached hydrogens (primary N) is 1. The van der Waals surface area contributed by atoms with Crippen LogP contribution >= 0.6 is 7.60 Å². The minimum Gasteiger partial charge on any atom is -0.382 e. The van der Waals surface area contributed by atoms with Crippen molar-refractivity contribution in [2.75, 3.05) is 12.3 Å². The van der Waals surface area contributed by atoms with E-state index in [-0.39, 0.29) is 24.9 Å². The van der Waals surface area contributed by atoms with Gasteiger partial charge in [0.25, 0.3) is 0 Å². The maximum Gasteiger partial charge on any atom is 0.330 e. The monoisotopic (exact) mass is 355 g/mol. The summed E-state index contributed by atoms with van der Waals surface area (Å²) >= 11 is 0. The van der Waals surface area contributed by atoms with Gasteiger partial charge in [-0.3, -0.25) is 9.13 Å². The van der Waals surface area contributed by atoms with Gasteiger partial charge in [0.2, 0.25) is 0 Å². The Morgan fingerprint density at radius 3 is 2.96 bits per heavy atom. The van der Waals surface area contributed by atoms with Gasteiger partial charge in [-0.25, -0.2) is 15.0 Å². The first-order valence-electron chi connectivity index (χ1n) is 7.85. The van der Waals surface area contributed by atoms with Crippen LogP contribution in [0.4, 0.5) is 5.82 Å². The summed E-state index contributed by atoms with van der Waals surface area (Å²) in [5, 5.41) is 0. The van der Waals surface area contributed by atoms with Crippen LogP contribution in [0.25, 0.3) is 11.2 Å². The lowest BCUT2D eigenvalue weighted by Crippen LogP contribution is -2.21. The Kier molecular flexibility index (Phi) is 4.61. The lowest BCUT2D eigenvalue weighted by molar-refractivity contribution is -0.0245. The molecule has 9 nitrogen and oxygen atoms in total. The molecule has 0 spiro atoms. The third kappa shape index (κ3) is 3.17. The molecule has 2 aromatic heterocycles. The van der Waals surface area contributed by atoms with Gasteiger partial charge in [-0.15, -0.1) is 0 Å². The summed E-state index contributed by atoms with van der Waals surface area (Å²) in [6, 6.07) is 0. The Morgan fingerprint density at radius 2 is 2.25 bits per heavy atom. The molecule has 0 saturated carbocycles. The summed E-state index contributed by atoms with van der Waals surface area (Å²) in [5.41, 5.74) is 6.50. The largest absolute Gasteiger partial charge is 0.382 e. The van der Waals surface area contributed by atoms with Crippen LogP contribution in [0.1, 0.15) is 33.4 Å². The molecule has 4 atom stereocenters. The second kappa shape index (κ2) is 6.40. The molecule has 3 heterocycles. The quantitative estimate of drug-likeness (QED) is 0.780. The predicted molar refractivity (Wildman–Crippen MR) is 88.3 cm³/mol. The van der Waals surface area contributed by atoms with E-state index in [0.29, 0.717) is 17.0 Å². The van der Waals surface area contributed by atoms with Crippen molar-refractivity contribution < 1.29 is 18.7 Å². The second-order valence-electron chi connectivity index (χ2n) is 6.38. The Bertz CT molecular complexity index is 780. The zero-order valence-corrected chi connectivity index (χ0v) is 14.8. The fourth-order valence-electron chi connectivity index (χ4n) is 2.65. The average molecular weight is 355 g/mol. The summed E-state index contributed by atoms with van der Waals surface area (Å²) in [7, 11) is -3.61. The molecule has 1 saturated heterocycles. The van der Waals surface area contributed by atoms with Crippen LogP contribution in [-0.4, -0.2) is 42.8 Å². The molecule has 0 aromatic carbocycles. The summed E-state index contributed by atoms with van der Waals surface area (Å²) in [4.78, 5) is 22.2. The summed E-state index contributed by atoms with van der Waals surface area (Å²) in [6.45, 7) is 5.41. The van der Waals surface area contributed by atoms with Crippen molar-refractivity contribution in [3.8, 4) is 0 Å². The van der Waals surface area contributed by atoms with Crippen LogP contribution in [0.2, 0.25) is 0 Å². The molecule has 0 bridgehead atoms. The zero-order chi connectivity index (χ0) is 17.5. The first-order valence-corrected chi connectivity index (χ1v) is 9.49. The normalized spacial score (nSPS) is 27.0. The first kappa shape index (κ1) is 17.3. The number of fused-ring (bicyclic) bond motifs is 1. The summed E-state index contributed by atoms with van der Waals surface area (Å²) < 4.78 is 25.0. The van der Waals surface area contributed by atoms with Gasteiger partial charge in [-0.1, -0.05) is 20.8 Å². The van der Waals surface area contributed by atoms with Gasteiger partial charge < -0.3 is 19.9 Å². The van der Waals surface area contributed by atoms with Crippen LogP contribution in [0.15, 0.2) is 12.7 Å². The lowest BCUT2D eigenvalue weighted by atomic mass is 10.0. The molecule has 1 fully saturated rings. The Labute approximate surface area is 139 Å². The van der Waals surface area contributed by atoms with Crippen molar-refractivity contribution in [1.82, 2.24) is 19.5 Å². The number of ether oxygens (including phenoxy) is 1. The summed E-state index contributed by atoms with van der Waals surface area (Å²) in [5.74, 6) is 0.488. The highest BCUT2D eigenvalue weighted by molar-refractivity contribution is 7.53. The van der Waals surface area contributed by atoms with Gasteiger partial charge in [-0.05, 0) is 12.3 Å². The maximum atomic E-state index is 11.9. The molecule has 24 heavy (non-hydrogen) atoms.